The van der Waals surface area contributed by atoms with Gasteiger partial charge in [-0.15, -0.1) is 0 Å². The van der Waals surface area contributed by atoms with Gasteiger partial charge in [-0.3, -0.25) is 0 Å². The molecule has 0 spiro atoms. The first kappa shape index (κ1) is 20.0. The third kappa shape index (κ3) is 4.49. The number of phenols is 1. The van der Waals surface area contributed by atoms with Gasteiger partial charge in [0.1, 0.15) is 16.9 Å². The van der Waals surface area contributed by atoms with Crippen molar-refractivity contribution in [3.63, 3.8) is 0 Å². The van der Waals surface area contributed by atoms with E-state index < -0.39 is 17.7 Å². The van der Waals surface area contributed by atoms with Crippen LogP contribution in [0.3, 0.4) is 0 Å². The normalized spacial score (nSPS) is 12.8. The summed E-state index contributed by atoms with van der Waals surface area (Å²) in [7, 11) is 2.48. The predicted octanol–water partition coefficient (Wildman–Crippen LogP) is 4.14. The third-order valence-corrected chi connectivity index (χ3v) is 4.10. The number of aromatic hydroxyl groups is 1. The Bertz CT molecular complexity index is 574. The Hall–Kier alpha value is -2.04. The molecule has 0 fully saturated rings. The molecule has 0 aliphatic rings. The molecule has 5 nitrogen and oxygen atoms in total. The van der Waals surface area contributed by atoms with Crippen molar-refractivity contribution in [2.75, 3.05) is 14.2 Å². The van der Waals surface area contributed by atoms with Crippen LogP contribution in [-0.4, -0.2) is 31.3 Å². The number of hydrogen-bond donors (Lipinski definition) is 1. The van der Waals surface area contributed by atoms with Crippen molar-refractivity contribution >= 4 is 11.9 Å². The zero-order valence-electron chi connectivity index (χ0n) is 15.6. The monoisotopic (exact) mass is 336 g/mol. The van der Waals surface area contributed by atoms with E-state index in [1.807, 2.05) is 0 Å². The van der Waals surface area contributed by atoms with E-state index in [2.05, 4.69) is 34.6 Å². The van der Waals surface area contributed by atoms with Gasteiger partial charge in [-0.2, -0.15) is 0 Å². The van der Waals surface area contributed by atoms with Crippen molar-refractivity contribution in [1.29, 1.82) is 0 Å². The molecule has 0 aliphatic heterocycles. The molecule has 0 amide bonds. The first-order valence-electron chi connectivity index (χ1n) is 8.06. The van der Waals surface area contributed by atoms with Crippen molar-refractivity contribution in [2.24, 2.45) is 11.3 Å². The topological polar surface area (TPSA) is 72.8 Å². The van der Waals surface area contributed by atoms with Crippen LogP contribution in [0.1, 0.15) is 73.2 Å². The van der Waals surface area contributed by atoms with Crippen LogP contribution >= 0.6 is 0 Å². The minimum Gasteiger partial charge on any atom is -0.506 e. The number of carbonyl (C=O) groups is 2. The maximum atomic E-state index is 12.0. The van der Waals surface area contributed by atoms with Crippen LogP contribution < -0.4 is 0 Å². The average molecular weight is 336 g/mol. The number of phenolic OH excluding ortho intramolecular Hbond substituents is 1. The van der Waals surface area contributed by atoms with Gasteiger partial charge in [0.2, 0.25) is 0 Å². The quantitative estimate of drug-likeness (QED) is 0.818. The van der Waals surface area contributed by atoms with Crippen LogP contribution in [0.5, 0.6) is 5.75 Å². The van der Waals surface area contributed by atoms with E-state index in [1.165, 1.54) is 14.2 Å². The van der Waals surface area contributed by atoms with E-state index in [-0.39, 0.29) is 22.5 Å². The summed E-state index contributed by atoms with van der Waals surface area (Å²) in [5.41, 5.74) is 0.693. The van der Waals surface area contributed by atoms with Crippen LogP contribution in [0.4, 0.5) is 0 Å². The summed E-state index contributed by atoms with van der Waals surface area (Å²) in [5.74, 6) is -1.24. The number of methoxy groups -OCH3 is 2. The fraction of sp³-hybridized carbons (Fsp3) is 0.579. The molecule has 0 heterocycles. The van der Waals surface area contributed by atoms with Crippen molar-refractivity contribution in [3.8, 4) is 5.75 Å². The molecular formula is C19H28O5. The largest absolute Gasteiger partial charge is 0.506 e. The number of hydrogen-bond acceptors (Lipinski definition) is 5. The van der Waals surface area contributed by atoms with Crippen LogP contribution in [0.25, 0.3) is 0 Å². The minimum absolute atomic E-state index is 0.0200. The summed E-state index contributed by atoms with van der Waals surface area (Å²) in [4.78, 5) is 24.0. The lowest BCUT2D eigenvalue weighted by Gasteiger charge is -2.33. The van der Waals surface area contributed by atoms with Gasteiger partial charge in [0, 0.05) is 0 Å². The first-order valence-corrected chi connectivity index (χ1v) is 8.06. The third-order valence-electron chi connectivity index (χ3n) is 4.10. The minimum atomic E-state index is -0.684. The van der Waals surface area contributed by atoms with E-state index in [0.717, 1.165) is 12.0 Å². The summed E-state index contributed by atoms with van der Waals surface area (Å²) < 4.78 is 9.47. The van der Waals surface area contributed by atoms with E-state index in [9.17, 15) is 14.7 Å². The molecule has 0 aliphatic carbocycles. The van der Waals surface area contributed by atoms with E-state index in [0.29, 0.717) is 5.92 Å². The SMILES string of the molecule is COC(=O)c1cc(C(CC(C)C)C(C)(C)C)cc(C(=O)OC)c1O. The second-order valence-electron chi connectivity index (χ2n) is 7.50. The molecule has 24 heavy (non-hydrogen) atoms. The molecule has 0 saturated heterocycles. The van der Waals surface area contributed by atoms with Gasteiger partial charge in [-0.25, -0.2) is 9.59 Å². The lowest BCUT2D eigenvalue weighted by atomic mass is 9.72. The maximum absolute atomic E-state index is 12.0. The van der Waals surface area contributed by atoms with Gasteiger partial charge < -0.3 is 14.6 Å². The Morgan fingerprint density at radius 2 is 1.46 bits per heavy atom. The highest BCUT2D eigenvalue weighted by atomic mass is 16.5. The smallest absolute Gasteiger partial charge is 0.341 e. The number of rotatable bonds is 5. The Balaban J connectivity index is 3.61. The van der Waals surface area contributed by atoms with E-state index >= 15 is 0 Å². The fourth-order valence-corrected chi connectivity index (χ4v) is 2.85. The van der Waals surface area contributed by atoms with Crippen molar-refractivity contribution in [3.05, 3.63) is 28.8 Å². The van der Waals surface area contributed by atoms with Gasteiger partial charge in [0.25, 0.3) is 0 Å². The lowest BCUT2D eigenvalue weighted by Crippen LogP contribution is -2.21. The summed E-state index contributed by atoms with van der Waals surface area (Å²) in [6, 6.07) is 3.23. The first-order chi connectivity index (χ1) is 11.0. The van der Waals surface area contributed by atoms with Crippen LogP contribution in [0.15, 0.2) is 12.1 Å². The predicted molar refractivity (Wildman–Crippen MR) is 92.4 cm³/mol. The van der Waals surface area contributed by atoms with Crippen LogP contribution in [0.2, 0.25) is 0 Å². The second-order valence-corrected chi connectivity index (χ2v) is 7.50. The maximum Gasteiger partial charge on any atom is 0.341 e. The molecule has 0 aromatic heterocycles. The molecule has 5 heteroatoms. The van der Waals surface area contributed by atoms with Gasteiger partial charge in [-0.1, -0.05) is 34.6 Å². The molecule has 1 atom stereocenters. The molecule has 0 radical (unpaired) electrons. The van der Waals surface area contributed by atoms with Gasteiger partial charge in [-0.05, 0) is 41.4 Å². The van der Waals surface area contributed by atoms with Crippen molar-refractivity contribution in [1.82, 2.24) is 0 Å². The highest BCUT2D eigenvalue weighted by Crippen LogP contribution is 2.42. The van der Waals surface area contributed by atoms with Gasteiger partial charge in [0.05, 0.1) is 14.2 Å². The number of carbonyl (C=O) groups excluding carboxylic acids is 2. The summed E-state index contributed by atoms with van der Waals surface area (Å²) in [5, 5.41) is 10.3. The van der Waals surface area contributed by atoms with Crippen LogP contribution in [-0.2, 0) is 9.47 Å². The number of ether oxygens (including phenoxy) is 2. The summed E-state index contributed by atoms with van der Waals surface area (Å²) >= 11 is 0. The number of esters is 2. The van der Waals surface area contributed by atoms with E-state index in [1.54, 1.807) is 12.1 Å². The zero-order valence-corrected chi connectivity index (χ0v) is 15.6. The molecule has 1 aromatic rings. The molecule has 0 saturated carbocycles. The van der Waals surface area contributed by atoms with Crippen LogP contribution in [0, 0.1) is 11.3 Å². The highest BCUT2D eigenvalue weighted by molar-refractivity contribution is 6.00. The summed E-state index contributed by atoms with van der Waals surface area (Å²) in [6.07, 6.45) is 0.884. The molecule has 1 N–H and O–H groups in total. The summed E-state index contributed by atoms with van der Waals surface area (Å²) in [6.45, 7) is 10.6. The van der Waals surface area contributed by atoms with Gasteiger partial charge in [0.15, 0.2) is 0 Å². The molecule has 1 aromatic carbocycles. The highest BCUT2D eigenvalue weighted by Gasteiger charge is 2.30. The molecule has 1 unspecified atom stereocenters. The van der Waals surface area contributed by atoms with Crippen molar-refractivity contribution in [2.45, 2.75) is 47.0 Å². The Labute approximate surface area is 144 Å². The number of benzene rings is 1. The molecule has 1 rings (SSSR count). The average Bonchev–Trinajstić information content (AvgIpc) is 2.50. The van der Waals surface area contributed by atoms with E-state index in [4.69, 9.17) is 9.47 Å². The fourth-order valence-electron chi connectivity index (χ4n) is 2.85. The Morgan fingerprint density at radius 1 is 1.04 bits per heavy atom. The lowest BCUT2D eigenvalue weighted by molar-refractivity contribution is 0.0592. The Kier molecular flexibility index (Phi) is 6.41. The zero-order chi connectivity index (χ0) is 18.7. The Morgan fingerprint density at radius 3 is 1.75 bits per heavy atom. The van der Waals surface area contributed by atoms with Crippen molar-refractivity contribution < 1.29 is 24.2 Å². The standard InChI is InChI=1S/C19H28O5/c1-11(2)8-15(19(3,4)5)12-9-13(17(21)23-6)16(20)14(10-12)18(22)24-7/h9-11,15,20H,8H2,1-7H3. The molecular weight excluding hydrogens is 308 g/mol. The molecule has 0 bridgehead atoms. The van der Waals surface area contributed by atoms with Gasteiger partial charge >= 0.3 is 11.9 Å². The second kappa shape index (κ2) is 7.69. The molecule has 134 valence electrons.